The summed E-state index contributed by atoms with van der Waals surface area (Å²) in [5, 5.41) is 8.98. The Morgan fingerprint density at radius 1 is 1.14 bits per heavy atom. The highest BCUT2D eigenvalue weighted by molar-refractivity contribution is 7.91. The first-order valence-corrected chi connectivity index (χ1v) is 15.9. The van der Waals surface area contributed by atoms with Crippen molar-refractivity contribution >= 4 is 33.7 Å². The van der Waals surface area contributed by atoms with Gasteiger partial charge in [0.1, 0.15) is 23.3 Å². The largest absolute Gasteiger partial charge is 0.339 e. The SMILES string of the molecule is CC1(S(=O)(=O)NC(=O)C23CC2C=CCCCCCC(NC(=O)c2ccn(C(F)F)n2)C(=O)N2CCCC2C(=O)N3)CC1. The Bertz CT molecular complexity index is 1390. The molecular formula is C27H36F2N6O6S. The Labute approximate surface area is 242 Å². The highest BCUT2D eigenvalue weighted by Crippen LogP contribution is 2.47. The number of nitrogens with zero attached hydrogens (tertiary/aromatic N) is 3. The van der Waals surface area contributed by atoms with Crippen molar-refractivity contribution < 1.29 is 36.4 Å². The van der Waals surface area contributed by atoms with Crippen LogP contribution < -0.4 is 15.4 Å². The van der Waals surface area contributed by atoms with Crippen LogP contribution in [0.1, 0.15) is 88.2 Å². The average molecular weight is 611 g/mol. The lowest BCUT2D eigenvalue weighted by Gasteiger charge is -2.30. The van der Waals surface area contributed by atoms with Crippen LogP contribution in [0.5, 0.6) is 0 Å². The number of halogens is 2. The van der Waals surface area contributed by atoms with E-state index in [1.54, 1.807) is 6.92 Å². The molecule has 4 aliphatic rings. The van der Waals surface area contributed by atoms with Crippen LogP contribution in [0.2, 0.25) is 0 Å². The summed E-state index contributed by atoms with van der Waals surface area (Å²) in [5.41, 5.74) is -1.71. The van der Waals surface area contributed by atoms with E-state index in [0.717, 1.165) is 25.1 Å². The summed E-state index contributed by atoms with van der Waals surface area (Å²) in [4.78, 5) is 54.9. The third-order valence-electron chi connectivity index (χ3n) is 8.81. The summed E-state index contributed by atoms with van der Waals surface area (Å²) in [6.07, 6.45) is 9.72. The zero-order valence-electron chi connectivity index (χ0n) is 23.4. The standard InChI is InChI=1S/C27H36F2N6O6S/c1-26(12-13-26)42(40,41)33-24(39)27-16-17(27)8-5-3-2-4-6-9-19(23(38)34-14-7-10-20(34)22(37)31-27)30-21(36)18-11-15-35(32-18)25(28)29/h5,8,11,15,17,19-20,25H,2-4,6-7,9-10,12-14,16H2,1H3,(H,30,36)(H,31,37)(H,33,39). The van der Waals surface area contributed by atoms with E-state index in [4.69, 9.17) is 0 Å². The van der Waals surface area contributed by atoms with Crippen molar-refractivity contribution in [3.05, 3.63) is 30.1 Å². The summed E-state index contributed by atoms with van der Waals surface area (Å²) < 4.78 is 53.0. The summed E-state index contributed by atoms with van der Waals surface area (Å²) in [5.74, 6) is -3.02. The molecule has 1 saturated heterocycles. The highest BCUT2D eigenvalue weighted by atomic mass is 32.2. The molecule has 1 aromatic heterocycles. The fourth-order valence-corrected chi connectivity index (χ4v) is 6.99. The van der Waals surface area contributed by atoms with E-state index in [1.165, 1.54) is 4.90 Å². The molecule has 2 aliphatic carbocycles. The molecule has 4 atom stereocenters. The Hall–Kier alpha value is -3.36. The van der Waals surface area contributed by atoms with Crippen molar-refractivity contribution in [2.75, 3.05) is 6.54 Å². The van der Waals surface area contributed by atoms with Gasteiger partial charge >= 0.3 is 6.55 Å². The van der Waals surface area contributed by atoms with E-state index in [1.807, 2.05) is 12.2 Å². The van der Waals surface area contributed by atoms with E-state index in [2.05, 4.69) is 20.5 Å². The summed E-state index contributed by atoms with van der Waals surface area (Å²) >= 11 is 0. The van der Waals surface area contributed by atoms with Crippen LogP contribution in [0.4, 0.5) is 8.78 Å². The van der Waals surface area contributed by atoms with Gasteiger partial charge in [0, 0.05) is 18.7 Å². The number of fused-ring (bicyclic) bond motifs is 2. The summed E-state index contributed by atoms with van der Waals surface area (Å²) in [6, 6.07) is -0.803. The number of allylic oxidation sites excluding steroid dienone is 1. The molecule has 12 nitrogen and oxygen atoms in total. The van der Waals surface area contributed by atoms with E-state index in [0.29, 0.717) is 43.2 Å². The Balaban J connectivity index is 1.35. The zero-order chi connectivity index (χ0) is 30.3. The second kappa shape index (κ2) is 11.4. The monoisotopic (exact) mass is 610 g/mol. The Morgan fingerprint density at radius 2 is 1.90 bits per heavy atom. The molecule has 3 heterocycles. The third kappa shape index (κ3) is 5.92. The number of amides is 4. The number of nitrogens with one attached hydrogen (secondary N) is 3. The number of alkyl halides is 2. The van der Waals surface area contributed by atoms with Crippen LogP contribution in [0.15, 0.2) is 24.4 Å². The van der Waals surface area contributed by atoms with Crippen LogP contribution >= 0.6 is 0 Å². The van der Waals surface area contributed by atoms with Crippen LogP contribution in [0.25, 0.3) is 0 Å². The molecule has 2 aliphatic heterocycles. The molecule has 0 aromatic carbocycles. The van der Waals surface area contributed by atoms with Crippen molar-refractivity contribution in [2.24, 2.45) is 5.92 Å². The van der Waals surface area contributed by atoms with Gasteiger partial charge in [-0.3, -0.25) is 23.9 Å². The van der Waals surface area contributed by atoms with Gasteiger partial charge in [-0.05, 0) is 64.4 Å². The number of hydrogen-bond donors (Lipinski definition) is 3. The van der Waals surface area contributed by atoms with Gasteiger partial charge in [-0.2, -0.15) is 13.9 Å². The van der Waals surface area contributed by atoms with Gasteiger partial charge in [-0.25, -0.2) is 13.1 Å². The van der Waals surface area contributed by atoms with Gasteiger partial charge in [0.05, 0.1) is 4.75 Å². The van der Waals surface area contributed by atoms with Crippen molar-refractivity contribution in [2.45, 2.75) is 100 Å². The van der Waals surface area contributed by atoms with Crippen molar-refractivity contribution in [3.63, 3.8) is 0 Å². The second-order valence-electron chi connectivity index (χ2n) is 11.9. The fourth-order valence-electron chi connectivity index (χ4n) is 5.67. The van der Waals surface area contributed by atoms with E-state index >= 15 is 0 Å². The number of aromatic nitrogens is 2. The molecule has 4 unspecified atom stereocenters. The minimum absolute atomic E-state index is 0.234. The van der Waals surface area contributed by atoms with Crippen molar-refractivity contribution in [1.82, 2.24) is 30.0 Å². The zero-order valence-corrected chi connectivity index (χ0v) is 24.2. The molecule has 15 heteroatoms. The number of carbonyl (C=O) groups is 4. The Morgan fingerprint density at radius 3 is 2.60 bits per heavy atom. The molecule has 3 fully saturated rings. The Kier molecular flexibility index (Phi) is 8.16. The predicted molar refractivity (Wildman–Crippen MR) is 145 cm³/mol. The molecule has 42 heavy (non-hydrogen) atoms. The molecule has 4 amide bonds. The minimum atomic E-state index is -3.93. The van der Waals surface area contributed by atoms with Gasteiger partial charge in [0.25, 0.3) is 11.8 Å². The van der Waals surface area contributed by atoms with Gasteiger partial charge in [0.2, 0.25) is 21.8 Å². The molecular weight excluding hydrogens is 574 g/mol. The molecule has 1 aromatic rings. The maximum atomic E-state index is 13.7. The molecule has 230 valence electrons. The van der Waals surface area contributed by atoms with E-state index in [-0.39, 0.29) is 31.0 Å². The van der Waals surface area contributed by atoms with Crippen molar-refractivity contribution in [1.29, 1.82) is 0 Å². The van der Waals surface area contributed by atoms with Crippen molar-refractivity contribution in [3.8, 4) is 0 Å². The maximum Gasteiger partial charge on any atom is 0.333 e. The highest BCUT2D eigenvalue weighted by Gasteiger charge is 2.62. The minimum Gasteiger partial charge on any atom is -0.339 e. The lowest BCUT2D eigenvalue weighted by molar-refractivity contribution is -0.141. The van der Waals surface area contributed by atoms with E-state index < -0.39 is 62.6 Å². The van der Waals surface area contributed by atoms with Gasteiger partial charge in [-0.1, -0.05) is 25.0 Å². The smallest absolute Gasteiger partial charge is 0.333 e. The topological polar surface area (TPSA) is 160 Å². The van der Waals surface area contributed by atoms with Crippen LogP contribution in [-0.2, 0) is 24.4 Å². The number of hydrogen-bond acceptors (Lipinski definition) is 7. The maximum absolute atomic E-state index is 13.7. The van der Waals surface area contributed by atoms with Crippen LogP contribution in [0.3, 0.4) is 0 Å². The van der Waals surface area contributed by atoms with Gasteiger partial charge < -0.3 is 15.5 Å². The molecule has 3 N–H and O–H groups in total. The normalized spacial score (nSPS) is 29.5. The first-order chi connectivity index (χ1) is 19.9. The molecule has 5 rings (SSSR count). The quantitative estimate of drug-likeness (QED) is 0.414. The van der Waals surface area contributed by atoms with Gasteiger partial charge in [-0.15, -0.1) is 0 Å². The van der Waals surface area contributed by atoms with Gasteiger partial charge in [0.15, 0.2) is 0 Å². The first kappa shape index (κ1) is 30.1. The average Bonchev–Trinajstić information content (AvgIpc) is 3.67. The van der Waals surface area contributed by atoms with E-state index in [9.17, 15) is 36.4 Å². The number of rotatable bonds is 6. The molecule has 0 radical (unpaired) electrons. The second-order valence-corrected chi connectivity index (χ2v) is 14.1. The van der Waals surface area contributed by atoms with Crippen LogP contribution in [0, 0.1) is 5.92 Å². The molecule has 0 spiro atoms. The predicted octanol–water partition coefficient (Wildman–Crippen LogP) is 1.76. The lowest BCUT2D eigenvalue weighted by Crippen LogP contribution is -2.58. The number of carbonyl (C=O) groups excluding carboxylic acids is 4. The lowest BCUT2D eigenvalue weighted by atomic mass is 10.0. The number of sulfonamides is 1. The first-order valence-electron chi connectivity index (χ1n) is 14.4. The molecule has 2 saturated carbocycles. The van der Waals surface area contributed by atoms with Crippen LogP contribution in [-0.4, -0.2) is 75.6 Å². The summed E-state index contributed by atoms with van der Waals surface area (Å²) in [6.45, 7) is -1.10. The fraction of sp³-hybridized carbons (Fsp3) is 0.667. The molecule has 0 bridgehead atoms. The third-order valence-corrected chi connectivity index (χ3v) is 11.0. The summed E-state index contributed by atoms with van der Waals surface area (Å²) in [7, 11) is -3.93.